The van der Waals surface area contributed by atoms with E-state index in [4.69, 9.17) is 5.73 Å². The summed E-state index contributed by atoms with van der Waals surface area (Å²) in [6.07, 6.45) is 2.48. The number of hydrogen-bond donors (Lipinski definition) is 1. The first kappa shape index (κ1) is 11.6. The molecule has 0 atom stereocenters. The van der Waals surface area contributed by atoms with Gasteiger partial charge in [0.1, 0.15) is 0 Å². The minimum Gasteiger partial charge on any atom is -0.325 e. The smallest absolute Gasteiger partial charge is 0.178 e. The Kier molecular flexibility index (Phi) is 2.80. The van der Waals surface area contributed by atoms with E-state index in [-0.39, 0.29) is 11.3 Å². The highest BCUT2D eigenvalue weighted by Gasteiger charge is 2.38. The summed E-state index contributed by atoms with van der Waals surface area (Å²) in [6, 6.07) is 7.03. The molecule has 1 aromatic carbocycles. The van der Waals surface area contributed by atoms with Crippen molar-refractivity contribution in [3.8, 4) is 0 Å². The maximum Gasteiger partial charge on any atom is 0.178 e. The summed E-state index contributed by atoms with van der Waals surface area (Å²) in [7, 11) is -3.16. The zero-order chi connectivity index (χ0) is 11.8. The molecule has 4 heteroatoms. The van der Waals surface area contributed by atoms with Gasteiger partial charge in [0.15, 0.2) is 9.84 Å². The van der Waals surface area contributed by atoms with Crippen LogP contribution in [0.1, 0.15) is 24.8 Å². The standard InChI is InChI=1S/C12H17NO2S/c1-10-3-2-4-11(9-10)16(14,15)8-7-12(13)5-6-12/h2-4,9H,5-8,13H2,1H3. The fourth-order valence-electron chi connectivity index (χ4n) is 1.67. The first-order valence-electron chi connectivity index (χ1n) is 5.50. The third-order valence-corrected chi connectivity index (χ3v) is 4.82. The van der Waals surface area contributed by atoms with Gasteiger partial charge in [-0.2, -0.15) is 0 Å². The van der Waals surface area contributed by atoms with Gasteiger partial charge < -0.3 is 5.73 Å². The summed E-state index contributed by atoms with van der Waals surface area (Å²) in [6.45, 7) is 1.89. The maximum atomic E-state index is 12.0. The van der Waals surface area contributed by atoms with Crippen molar-refractivity contribution in [2.75, 3.05) is 5.75 Å². The molecule has 16 heavy (non-hydrogen) atoms. The number of nitrogens with two attached hydrogens (primary N) is 1. The summed E-state index contributed by atoms with van der Waals surface area (Å²) >= 11 is 0. The summed E-state index contributed by atoms with van der Waals surface area (Å²) in [4.78, 5) is 0.414. The fourth-order valence-corrected chi connectivity index (χ4v) is 3.24. The van der Waals surface area contributed by atoms with Crippen LogP contribution < -0.4 is 5.73 Å². The van der Waals surface area contributed by atoms with Gasteiger partial charge in [0, 0.05) is 5.54 Å². The molecule has 0 radical (unpaired) electrons. The van der Waals surface area contributed by atoms with E-state index in [2.05, 4.69) is 0 Å². The molecular weight excluding hydrogens is 222 g/mol. The molecule has 1 aromatic rings. The number of hydrogen-bond acceptors (Lipinski definition) is 3. The van der Waals surface area contributed by atoms with Gasteiger partial charge in [-0.1, -0.05) is 12.1 Å². The zero-order valence-electron chi connectivity index (χ0n) is 9.44. The fraction of sp³-hybridized carbons (Fsp3) is 0.500. The minimum absolute atomic E-state index is 0.160. The van der Waals surface area contributed by atoms with Crippen molar-refractivity contribution in [1.29, 1.82) is 0 Å². The largest absolute Gasteiger partial charge is 0.325 e. The third kappa shape index (κ3) is 2.62. The van der Waals surface area contributed by atoms with Gasteiger partial charge >= 0.3 is 0 Å². The van der Waals surface area contributed by atoms with E-state index < -0.39 is 9.84 Å². The molecule has 0 heterocycles. The van der Waals surface area contributed by atoms with Gasteiger partial charge in [0.25, 0.3) is 0 Å². The Labute approximate surface area is 96.6 Å². The molecule has 0 saturated heterocycles. The lowest BCUT2D eigenvalue weighted by Crippen LogP contribution is -2.25. The van der Waals surface area contributed by atoms with Gasteiger partial charge in [-0.25, -0.2) is 8.42 Å². The second kappa shape index (κ2) is 3.86. The molecule has 0 bridgehead atoms. The van der Waals surface area contributed by atoms with Crippen LogP contribution in [-0.4, -0.2) is 19.7 Å². The molecular formula is C12H17NO2S. The van der Waals surface area contributed by atoms with Gasteiger partial charge in [0.05, 0.1) is 10.6 Å². The summed E-state index contributed by atoms with van der Waals surface area (Å²) in [5.74, 6) is 0.160. The number of benzene rings is 1. The predicted octanol–water partition coefficient (Wildman–Crippen LogP) is 1.65. The first-order valence-corrected chi connectivity index (χ1v) is 7.15. The monoisotopic (exact) mass is 239 g/mol. The van der Waals surface area contributed by atoms with Gasteiger partial charge in [0.2, 0.25) is 0 Å². The van der Waals surface area contributed by atoms with Crippen molar-refractivity contribution >= 4 is 9.84 Å². The maximum absolute atomic E-state index is 12.0. The Balaban J connectivity index is 2.12. The van der Waals surface area contributed by atoms with Crippen LogP contribution in [0.2, 0.25) is 0 Å². The van der Waals surface area contributed by atoms with Crippen molar-refractivity contribution in [3.05, 3.63) is 29.8 Å². The molecule has 0 aliphatic heterocycles. The number of aryl methyl sites for hydroxylation is 1. The molecule has 0 unspecified atom stereocenters. The van der Waals surface area contributed by atoms with Crippen LogP contribution in [-0.2, 0) is 9.84 Å². The molecule has 3 nitrogen and oxygen atoms in total. The highest BCUT2D eigenvalue weighted by molar-refractivity contribution is 7.91. The van der Waals surface area contributed by atoms with Crippen LogP contribution in [0.5, 0.6) is 0 Å². The number of rotatable bonds is 4. The quantitative estimate of drug-likeness (QED) is 0.869. The summed E-state index contributed by atoms with van der Waals surface area (Å²) in [5.41, 5.74) is 6.67. The zero-order valence-corrected chi connectivity index (χ0v) is 10.3. The van der Waals surface area contributed by atoms with Crippen molar-refractivity contribution in [2.24, 2.45) is 5.73 Å². The lowest BCUT2D eigenvalue weighted by atomic mass is 10.2. The van der Waals surface area contributed by atoms with Crippen molar-refractivity contribution in [3.63, 3.8) is 0 Å². The van der Waals surface area contributed by atoms with Crippen LogP contribution in [0.25, 0.3) is 0 Å². The van der Waals surface area contributed by atoms with E-state index in [0.717, 1.165) is 18.4 Å². The van der Waals surface area contributed by atoms with Gasteiger partial charge in [-0.3, -0.25) is 0 Å². The minimum atomic E-state index is -3.16. The molecule has 1 aliphatic carbocycles. The molecule has 2 rings (SSSR count). The summed E-state index contributed by atoms with van der Waals surface area (Å²) < 4.78 is 24.0. The van der Waals surface area contributed by atoms with E-state index in [0.29, 0.717) is 11.3 Å². The third-order valence-electron chi connectivity index (χ3n) is 3.11. The Morgan fingerprint density at radius 2 is 2.06 bits per heavy atom. The van der Waals surface area contributed by atoms with E-state index in [1.165, 1.54) is 0 Å². The molecule has 1 saturated carbocycles. The first-order chi connectivity index (χ1) is 7.41. The van der Waals surface area contributed by atoms with E-state index >= 15 is 0 Å². The van der Waals surface area contributed by atoms with Crippen LogP contribution >= 0.6 is 0 Å². The molecule has 1 aliphatic rings. The lowest BCUT2D eigenvalue weighted by molar-refractivity contribution is 0.579. The Morgan fingerprint density at radius 3 is 2.62 bits per heavy atom. The van der Waals surface area contributed by atoms with Crippen LogP contribution in [0.4, 0.5) is 0 Å². The van der Waals surface area contributed by atoms with Crippen LogP contribution in [0.3, 0.4) is 0 Å². The molecule has 0 spiro atoms. The average molecular weight is 239 g/mol. The second-order valence-electron chi connectivity index (χ2n) is 4.75. The van der Waals surface area contributed by atoms with Gasteiger partial charge in [-0.05, 0) is 43.9 Å². The molecule has 88 valence electrons. The predicted molar refractivity (Wildman–Crippen MR) is 64.0 cm³/mol. The Bertz CT molecular complexity index is 489. The molecule has 2 N–H and O–H groups in total. The van der Waals surface area contributed by atoms with Gasteiger partial charge in [-0.15, -0.1) is 0 Å². The van der Waals surface area contributed by atoms with Crippen molar-refractivity contribution in [2.45, 2.75) is 36.6 Å². The van der Waals surface area contributed by atoms with Crippen LogP contribution in [0, 0.1) is 6.92 Å². The van der Waals surface area contributed by atoms with E-state index in [1.807, 2.05) is 13.0 Å². The average Bonchev–Trinajstić information content (AvgIpc) is 2.95. The molecule has 0 aromatic heterocycles. The number of sulfone groups is 1. The van der Waals surface area contributed by atoms with Crippen LogP contribution in [0.15, 0.2) is 29.2 Å². The highest BCUT2D eigenvalue weighted by atomic mass is 32.2. The van der Waals surface area contributed by atoms with E-state index in [1.54, 1.807) is 18.2 Å². The van der Waals surface area contributed by atoms with Crippen molar-refractivity contribution < 1.29 is 8.42 Å². The second-order valence-corrected chi connectivity index (χ2v) is 6.86. The molecule has 1 fully saturated rings. The highest BCUT2D eigenvalue weighted by Crippen LogP contribution is 2.36. The summed E-state index contributed by atoms with van der Waals surface area (Å²) in [5, 5.41) is 0. The van der Waals surface area contributed by atoms with Crippen molar-refractivity contribution in [1.82, 2.24) is 0 Å². The Morgan fingerprint density at radius 1 is 1.38 bits per heavy atom. The normalized spacial score (nSPS) is 18.4. The SMILES string of the molecule is Cc1cccc(S(=O)(=O)CCC2(N)CC2)c1. The topological polar surface area (TPSA) is 60.2 Å². The van der Waals surface area contributed by atoms with E-state index in [9.17, 15) is 8.42 Å². The lowest BCUT2D eigenvalue weighted by Gasteiger charge is -2.09. The Hall–Kier alpha value is -0.870. The molecule has 0 amide bonds.